The van der Waals surface area contributed by atoms with E-state index in [-0.39, 0.29) is 5.54 Å². The first kappa shape index (κ1) is 10.9. The van der Waals surface area contributed by atoms with Crippen LogP contribution in [0.2, 0.25) is 5.02 Å². The number of nitrogens with zero attached hydrogens (tertiary/aromatic N) is 2. The van der Waals surface area contributed by atoms with Gasteiger partial charge in [0.15, 0.2) is 0 Å². The van der Waals surface area contributed by atoms with E-state index in [1.54, 1.807) is 0 Å². The molecule has 5 heteroatoms. The lowest BCUT2D eigenvalue weighted by atomic mass is 10.0. The van der Waals surface area contributed by atoms with Crippen LogP contribution < -0.4 is 5.73 Å². The Labute approximate surface area is 104 Å². The maximum atomic E-state index is 6.02. The first-order chi connectivity index (χ1) is 8.10. The van der Waals surface area contributed by atoms with Crippen molar-refractivity contribution < 1.29 is 4.74 Å². The number of ether oxygens (including phenoxy) is 1. The summed E-state index contributed by atoms with van der Waals surface area (Å²) in [6.45, 7) is 3.58. The monoisotopic (exact) mass is 251 g/mol. The topological polar surface area (TPSA) is 53.1 Å². The van der Waals surface area contributed by atoms with E-state index in [9.17, 15) is 0 Å². The molecule has 1 aromatic carbocycles. The van der Waals surface area contributed by atoms with Gasteiger partial charge in [0.25, 0.3) is 0 Å². The average Bonchev–Trinajstić information content (AvgIpc) is 2.81. The second kappa shape index (κ2) is 3.62. The van der Waals surface area contributed by atoms with Crippen molar-refractivity contribution in [2.45, 2.75) is 18.9 Å². The van der Waals surface area contributed by atoms with Gasteiger partial charge in [-0.3, -0.25) is 0 Å². The molecule has 0 spiro atoms. The quantitative estimate of drug-likeness (QED) is 0.847. The van der Waals surface area contributed by atoms with E-state index in [2.05, 4.69) is 16.5 Å². The normalized spacial score (nSPS) is 24.6. The number of anilines is 1. The van der Waals surface area contributed by atoms with Gasteiger partial charge in [0.05, 0.1) is 23.2 Å². The molecule has 2 N–H and O–H groups in total. The Morgan fingerprint density at radius 2 is 2.35 bits per heavy atom. The number of nitrogen functional groups attached to an aromatic ring is 1. The Balaban J connectivity index is 2.25. The SMILES string of the molecule is CC1(n2c(N)nc3cc(Cl)ccc32)CCOC1. The van der Waals surface area contributed by atoms with Crippen molar-refractivity contribution in [1.82, 2.24) is 9.55 Å². The summed E-state index contributed by atoms with van der Waals surface area (Å²) >= 11 is 5.96. The summed E-state index contributed by atoms with van der Waals surface area (Å²) < 4.78 is 7.54. The highest BCUT2D eigenvalue weighted by Gasteiger charge is 2.34. The third-order valence-electron chi connectivity index (χ3n) is 3.38. The summed E-state index contributed by atoms with van der Waals surface area (Å²) in [6, 6.07) is 5.66. The van der Waals surface area contributed by atoms with E-state index < -0.39 is 0 Å². The van der Waals surface area contributed by atoms with Gasteiger partial charge in [-0.15, -0.1) is 0 Å². The lowest BCUT2D eigenvalue weighted by molar-refractivity contribution is 0.164. The van der Waals surface area contributed by atoms with Crippen LogP contribution in [0.5, 0.6) is 0 Å². The van der Waals surface area contributed by atoms with Crippen LogP contribution in [0, 0.1) is 0 Å². The summed E-state index contributed by atoms with van der Waals surface area (Å²) in [7, 11) is 0. The fraction of sp³-hybridized carbons (Fsp3) is 0.417. The predicted molar refractivity (Wildman–Crippen MR) is 68.2 cm³/mol. The van der Waals surface area contributed by atoms with Crippen LogP contribution in [-0.2, 0) is 10.3 Å². The first-order valence-corrected chi connectivity index (χ1v) is 6.00. The number of imidazole rings is 1. The minimum atomic E-state index is -0.105. The fourth-order valence-corrected chi connectivity index (χ4v) is 2.64. The molecule has 1 aliphatic rings. The summed E-state index contributed by atoms with van der Waals surface area (Å²) in [5, 5.41) is 0.676. The van der Waals surface area contributed by atoms with Crippen molar-refractivity contribution in [3.05, 3.63) is 23.2 Å². The Morgan fingerprint density at radius 1 is 1.53 bits per heavy atom. The lowest BCUT2D eigenvalue weighted by Gasteiger charge is -2.25. The van der Waals surface area contributed by atoms with Crippen LogP contribution >= 0.6 is 11.6 Å². The van der Waals surface area contributed by atoms with Crippen molar-refractivity contribution in [3.63, 3.8) is 0 Å². The second-order valence-electron chi connectivity index (χ2n) is 4.74. The van der Waals surface area contributed by atoms with Crippen molar-refractivity contribution in [1.29, 1.82) is 0 Å². The third-order valence-corrected chi connectivity index (χ3v) is 3.62. The van der Waals surface area contributed by atoms with E-state index in [1.165, 1.54) is 0 Å². The molecular formula is C12H14ClN3O. The van der Waals surface area contributed by atoms with Crippen LogP contribution in [0.25, 0.3) is 11.0 Å². The van der Waals surface area contributed by atoms with E-state index in [1.807, 2.05) is 18.2 Å². The molecule has 0 saturated carbocycles. The van der Waals surface area contributed by atoms with E-state index in [0.717, 1.165) is 24.1 Å². The lowest BCUT2D eigenvalue weighted by Crippen LogP contribution is -2.31. The zero-order valence-electron chi connectivity index (χ0n) is 9.61. The van der Waals surface area contributed by atoms with Crippen LogP contribution in [-0.4, -0.2) is 22.8 Å². The Morgan fingerprint density at radius 3 is 3.06 bits per heavy atom. The van der Waals surface area contributed by atoms with E-state index >= 15 is 0 Å². The van der Waals surface area contributed by atoms with Crippen LogP contribution in [0.1, 0.15) is 13.3 Å². The average molecular weight is 252 g/mol. The number of nitrogens with two attached hydrogens (primary N) is 1. The minimum Gasteiger partial charge on any atom is -0.379 e. The Bertz CT molecular complexity index is 572. The summed E-state index contributed by atoms with van der Waals surface area (Å²) in [6.07, 6.45) is 0.950. The maximum Gasteiger partial charge on any atom is 0.201 e. The smallest absolute Gasteiger partial charge is 0.201 e. The predicted octanol–water partition coefficient (Wildman–Crippen LogP) is 2.41. The molecule has 1 atom stereocenters. The molecule has 3 rings (SSSR count). The summed E-state index contributed by atoms with van der Waals surface area (Å²) in [5.74, 6) is 0.523. The van der Waals surface area contributed by atoms with Crippen molar-refractivity contribution in [2.75, 3.05) is 18.9 Å². The molecule has 1 aliphatic heterocycles. The Kier molecular flexibility index (Phi) is 2.31. The Hall–Kier alpha value is -1.26. The maximum absolute atomic E-state index is 6.02. The zero-order valence-corrected chi connectivity index (χ0v) is 10.4. The zero-order chi connectivity index (χ0) is 12.0. The molecule has 1 aromatic heterocycles. The summed E-state index contributed by atoms with van der Waals surface area (Å²) in [5.41, 5.74) is 7.77. The minimum absolute atomic E-state index is 0.105. The summed E-state index contributed by atoms with van der Waals surface area (Å²) in [4.78, 5) is 4.36. The molecule has 2 aromatic rings. The van der Waals surface area contributed by atoms with E-state index in [0.29, 0.717) is 17.6 Å². The van der Waals surface area contributed by atoms with E-state index in [4.69, 9.17) is 22.1 Å². The number of fused-ring (bicyclic) bond motifs is 1. The molecule has 0 bridgehead atoms. The van der Waals surface area contributed by atoms with Crippen LogP contribution in [0.15, 0.2) is 18.2 Å². The van der Waals surface area contributed by atoms with Gasteiger partial charge in [-0.1, -0.05) is 11.6 Å². The van der Waals surface area contributed by atoms with Gasteiger partial charge in [-0.05, 0) is 31.5 Å². The molecule has 0 amide bonds. The highest BCUT2D eigenvalue weighted by molar-refractivity contribution is 6.31. The van der Waals surface area contributed by atoms with Gasteiger partial charge in [0.2, 0.25) is 5.95 Å². The molecule has 1 unspecified atom stereocenters. The molecule has 0 aliphatic carbocycles. The van der Waals surface area contributed by atoms with Gasteiger partial charge in [0.1, 0.15) is 0 Å². The fourth-order valence-electron chi connectivity index (χ4n) is 2.47. The largest absolute Gasteiger partial charge is 0.379 e. The van der Waals surface area contributed by atoms with Crippen molar-refractivity contribution >= 4 is 28.6 Å². The second-order valence-corrected chi connectivity index (χ2v) is 5.17. The number of hydrogen-bond donors (Lipinski definition) is 1. The van der Waals surface area contributed by atoms with Gasteiger partial charge in [-0.25, -0.2) is 4.98 Å². The molecule has 1 fully saturated rings. The molecule has 90 valence electrons. The van der Waals surface area contributed by atoms with Gasteiger partial charge >= 0.3 is 0 Å². The molecular weight excluding hydrogens is 238 g/mol. The number of hydrogen-bond acceptors (Lipinski definition) is 3. The van der Waals surface area contributed by atoms with Crippen molar-refractivity contribution in [2.24, 2.45) is 0 Å². The molecule has 2 heterocycles. The van der Waals surface area contributed by atoms with Gasteiger partial charge in [-0.2, -0.15) is 0 Å². The van der Waals surface area contributed by atoms with Crippen LogP contribution in [0.3, 0.4) is 0 Å². The van der Waals surface area contributed by atoms with Crippen molar-refractivity contribution in [3.8, 4) is 0 Å². The van der Waals surface area contributed by atoms with Gasteiger partial charge in [0, 0.05) is 11.6 Å². The molecule has 0 radical (unpaired) electrons. The van der Waals surface area contributed by atoms with Crippen LogP contribution in [0.4, 0.5) is 5.95 Å². The highest BCUT2D eigenvalue weighted by Crippen LogP contribution is 2.33. The molecule has 1 saturated heterocycles. The molecule has 17 heavy (non-hydrogen) atoms. The highest BCUT2D eigenvalue weighted by atomic mass is 35.5. The number of halogens is 1. The van der Waals surface area contributed by atoms with Gasteiger partial charge < -0.3 is 15.0 Å². The number of rotatable bonds is 1. The first-order valence-electron chi connectivity index (χ1n) is 5.62. The number of benzene rings is 1. The standard InChI is InChI=1S/C12H14ClN3O/c1-12(4-5-17-7-12)16-10-3-2-8(13)6-9(10)15-11(16)14/h2-3,6H,4-5,7H2,1H3,(H2,14,15). The third kappa shape index (κ3) is 1.59. The molecule has 4 nitrogen and oxygen atoms in total. The number of aromatic nitrogens is 2.